The average molecular weight is 309 g/mol. The SMILES string of the molecule is Cc1cc(-c2ccccc2)cc(-c2nc3ccccc3cc2C)c1. The third kappa shape index (κ3) is 2.69. The first-order valence-corrected chi connectivity index (χ1v) is 8.24. The van der Waals surface area contributed by atoms with Gasteiger partial charge in [-0.1, -0.05) is 54.6 Å². The van der Waals surface area contributed by atoms with E-state index in [1.807, 2.05) is 6.07 Å². The second-order valence-corrected chi connectivity index (χ2v) is 6.30. The summed E-state index contributed by atoms with van der Waals surface area (Å²) in [6.45, 7) is 4.28. The van der Waals surface area contributed by atoms with Crippen LogP contribution < -0.4 is 0 Å². The number of fused-ring (bicyclic) bond motifs is 1. The van der Waals surface area contributed by atoms with Crippen molar-refractivity contribution in [1.29, 1.82) is 0 Å². The minimum atomic E-state index is 1.04. The number of hydrogen-bond acceptors (Lipinski definition) is 1. The van der Waals surface area contributed by atoms with Gasteiger partial charge in [0.2, 0.25) is 0 Å². The minimum absolute atomic E-state index is 1.04. The van der Waals surface area contributed by atoms with Gasteiger partial charge >= 0.3 is 0 Å². The third-order valence-corrected chi connectivity index (χ3v) is 4.37. The van der Waals surface area contributed by atoms with Crippen LogP contribution in [0.2, 0.25) is 0 Å². The molecule has 24 heavy (non-hydrogen) atoms. The van der Waals surface area contributed by atoms with Crippen LogP contribution in [0.3, 0.4) is 0 Å². The monoisotopic (exact) mass is 309 g/mol. The van der Waals surface area contributed by atoms with E-state index in [0.717, 1.165) is 11.2 Å². The molecule has 0 atom stereocenters. The quantitative estimate of drug-likeness (QED) is 0.430. The molecule has 0 saturated heterocycles. The summed E-state index contributed by atoms with van der Waals surface area (Å²) in [5.41, 5.74) is 8.22. The molecule has 0 fully saturated rings. The molecule has 0 unspecified atom stereocenters. The van der Waals surface area contributed by atoms with Crippen LogP contribution in [0.5, 0.6) is 0 Å². The number of rotatable bonds is 2. The van der Waals surface area contributed by atoms with Crippen molar-refractivity contribution in [1.82, 2.24) is 4.98 Å². The Hall–Kier alpha value is -2.93. The van der Waals surface area contributed by atoms with Crippen LogP contribution in [0, 0.1) is 13.8 Å². The van der Waals surface area contributed by atoms with E-state index in [1.165, 1.54) is 33.2 Å². The van der Waals surface area contributed by atoms with E-state index in [2.05, 4.69) is 86.6 Å². The van der Waals surface area contributed by atoms with Crippen LogP contribution in [0.25, 0.3) is 33.3 Å². The number of benzene rings is 3. The molecule has 0 bridgehead atoms. The molecule has 0 saturated carbocycles. The molecule has 1 heterocycles. The molecule has 1 aromatic heterocycles. The van der Waals surface area contributed by atoms with E-state index in [9.17, 15) is 0 Å². The molecule has 0 N–H and O–H groups in total. The van der Waals surface area contributed by atoms with Gasteiger partial charge in [-0.05, 0) is 60.4 Å². The van der Waals surface area contributed by atoms with Crippen LogP contribution in [-0.4, -0.2) is 4.98 Å². The summed E-state index contributed by atoms with van der Waals surface area (Å²) in [4.78, 5) is 4.92. The van der Waals surface area contributed by atoms with Gasteiger partial charge < -0.3 is 0 Å². The molecule has 4 rings (SSSR count). The summed E-state index contributed by atoms with van der Waals surface area (Å²) < 4.78 is 0. The van der Waals surface area contributed by atoms with Gasteiger partial charge in [0, 0.05) is 10.9 Å². The second-order valence-electron chi connectivity index (χ2n) is 6.30. The highest BCUT2D eigenvalue weighted by molar-refractivity contribution is 5.84. The molecule has 3 aromatic carbocycles. The van der Waals surface area contributed by atoms with E-state index >= 15 is 0 Å². The first-order valence-electron chi connectivity index (χ1n) is 8.24. The lowest BCUT2D eigenvalue weighted by atomic mass is 9.97. The van der Waals surface area contributed by atoms with Gasteiger partial charge in [-0.25, -0.2) is 4.98 Å². The van der Waals surface area contributed by atoms with E-state index in [1.54, 1.807) is 0 Å². The predicted molar refractivity (Wildman–Crippen MR) is 102 cm³/mol. The fourth-order valence-electron chi connectivity index (χ4n) is 3.23. The maximum atomic E-state index is 4.92. The third-order valence-electron chi connectivity index (χ3n) is 4.37. The topological polar surface area (TPSA) is 12.9 Å². The standard InChI is InChI=1S/C23H19N/c1-16-12-20(18-8-4-3-5-9-18)15-21(13-16)23-17(2)14-19-10-6-7-11-22(19)24-23/h3-15H,1-2H3. The van der Waals surface area contributed by atoms with Crippen LogP contribution in [0.15, 0.2) is 78.9 Å². The smallest absolute Gasteiger partial charge is 0.0739 e. The van der Waals surface area contributed by atoms with Gasteiger partial charge in [0.25, 0.3) is 0 Å². The predicted octanol–water partition coefficient (Wildman–Crippen LogP) is 6.19. The maximum Gasteiger partial charge on any atom is 0.0739 e. The van der Waals surface area contributed by atoms with Crippen molar-refractivity contribution in [3.05, 3.63) is 90.0 Å². The molecule has 1 nitrogen and oxygen atoms in total. The molecule has 1 heteroatoms. The lowest BCUT2D eigenvalue weighted by molar-refractivity contribution is 1.32. The molecular formula is C23H19N. The normalized spacial score (nSPS) is 10.9. The van der Waals surface area contributed by atoms with Gasteiger partial charge in [-0.2, -0.15) is 0 Å². The highest BCUT2D eigenvalue weighted by Crippen LogP contribution is 2.30. The Morgan fingerprint density at radius 1 is 0.625 bits per heavy atom. The number of aromatic nitrogens is 1. The van der Waals surface area contributed by atoms with Crippen molar-refractivity contribution in [3.63, 3.8) is 0 Å². The van der Waals surface area contributed by atoms with Crippen molar-refractivity contribution >= 4 is 10.9 Å². The minimum Gasteiger partial charge on any atom is -0.248 e. The van der Waals surface area contributed by atoms with Crippen molar-refractivity contribution in [2.75, 3.05) is 0 Å². The summed E-state index contributed by atoms with van der Waals surface area (Å²) in [5.74, 6) is 0. The molecule has 0 aliphatic carbocycles. The van der Waals surface area contributed by atoms with Crippen molar-refractivity contribution in [3.8, 4) is 22.4 Å². The largest absolute Gasteiger partial charge is 0.248 e. The van der Waals surface area contributed by atoms with Gasteiger partial charge in [0.05, 0.1) is 11.2 Å². The van der Waals surface area contributed by atoms with E-state index in [0.29, 0.717) is 0 Å². The Bertz CT molecular complexity index is 1020. The van der Waals surface area contributed by atoms with Crippen LogP contribution in [-0.2, 0) is 0 Å². The van der Waals surface area contributed by atoms with Gasteiger partial charge in [0.15, 0.2) is 0 Å². The van der Waals surface area contributed by atoms with Crippen LogP contribution >= 0.6 is 0 Å². The summed E-state index contributed by atoms with van der Waals surface area (Å²) in [5, 5.41) is 1.19. The Labute approximate surface area is 142 Å². The van der Waals surface area contributed by atoms with Crippen molar-refractivity contribution < 1.29 is 0 Å². The fourth-order valence-corrected chi connectivity index (χ4v) is 3.23. The molecule has 0 spiro atoms. The van der Waals surface area contributed by atoms with E-state index in [4.69, 9.17) is 4.98 Å². The molecule has 0 aliphatic heterocycles. The summed E-state index contributed by atoms with van der Waals surface area (Å²) in [6, 6.07) is 27.7. The van der Waals surface area contributed by atoms with E-state index in [-0.39, 0.29) is 0 Å². The molecular weight excluding hydrogens is 290 g/mol. The van der Waals surface area contributed by atoms with Gasteiger partial charge in [0.1, 0.15) is 0 Å². The average Bonchev–Trinajstić information content (AvgIpc) is 2.61. The lowest BCUT2D eigenvalue weighted by Crippen LogP contribution is -1.92. The van der Waals surface area contributed by atoms with Crippen molar-refractivity contribution in [2.24, 2.45) is 0 Å². The van der Waals surface area contributed by atoms with Crippen LogP contribution in [0.4, 0.5) is 0 Å². The first-order chi connectivity index (χ1) is 11.7. The summed E-state index contributed by atoms with van der Waals surface area (Å²) in [7, 11) is 0. The maximum absolute atomic E-state index is 4.92. The number of hydrogen-bond donors (Lipinski definition) is 0. The highest BCUT2D eigenvalue weighted by Gasteiger charge is 2.09. The Kier molecular flexibility index (Phi) is 3.62. The molecule has 4 aromatic rings. The highest BCUT2D eigenvalue weighted by atomic mass is 14.7. The number of nitrogens with zero attached hydrogens (tertiary/aromatic N) is 1. The Balaban J connectivity index is 1.91. The molecule has 0 radical (unpaired) electrons. The molecule has 116 valence electrons. The number of aryl methyl sites for hydroxylation is 2. The van der Waals surface area contributed by atoms with Gasteiger partial charge in [-0.15, -0.1) is 0 Å². The van der Waals surface area contributed by atoms with Gasteiger partial charge in [-0.3, -0.25) is 0 Å². The number of pyridine rings is 1. The second kappa shape index (κ2) is 5.93. The Morgan fingerprint density at radius 3 is 2.17 bits per heavy atom. The lowest BCUT2D eigenvalue weighted by Gasteiger charge is -2.11. The van der Waals surface area contributed by atoms with E-state index < -0.39 is 0 Å². The zero-order valence-electron chi connectivity index (χ0n) is 14.0. The summed E-state index contributed by atoms with van der Waals surface area (Å²) >= 11 is 0. The zero-order chi connectivity index (χ0) is 16.5. The fraction of sp³-hybridized carbons (Fsp3) is 0.0870. The number of para-hydroxylation sites is 1. The molecule has 0 amide bonds. The zero-order valence-corrected chi connectivity index (χ0v) is 14.0. The first kappa shape index (κ1) is 14.6. The Morgan fingerprint density at radius 2 is 1.33 bits per heavy atom. The van der Waals surface area contributed by atoms with Crippen molar-refractivity contribution in [2.45, 2.75) is 13.8 Å². The summed E-state index contributed by atoms with van der Waals surface area (Å²) in [6.07, 6.45) is 0. The molecule has 0 aliphatic rings. The van der Waals surface area contributed by atoms with Crippen LogP contribution in [0.1, 0.15) is 11.1 Å².